The van der Waals surface area contributed by atoms with E-state index < -0.39 is 0 Å². The van der Waals surface area contributed by atoms with Crippen LogP contribution in [-0.2, 0) is 51.4 Å². The molecule has 3 heterocycles. The first-order chi connectivity index (χ1) is 48.2. The molecular formula is C81H76Br2I2N2O13. The summed E-state index contributed by atoms with van der Waals surface area (Å²) in [7, 11) is 0. The lowest BCUT2D eigenvalue weighted by Gasteiger charge is -2.09. The molecule has 10 N–H and O–H groups in total. The number of unbranched alkanes of at least 4 members (excludes halogenated alkanes) is 1. The molecule has 12 rings (SSSR count). The Kier molecular flexibility index (Phi) is 25.2. The molecule has 0 unspecified atom stereocenters. The molecule has 0 radical (unpaired) electrons. The van der Waals surface area contributed by atoms with Crippen LogP contribution in [0.1, 0.15) is 152 Å². The summed E-state index contributed by atoms with van der Waals surface area (Å²) in [6.45, 7) is 6.52. The number of nitrogens with two attached hydrogens (primary N) is 2. The molecule has 0 saturated heterocycles. The van der Waals surface area contributed by atoms with Gasteiger partial charge in [0.2, 0.25) is 0 Å². The maximum atomic E-state index is 13.6. The third kappa shape index (κ3) is 17.5. The van der Waals surface area contributed by atoms with E-state index in [9.17, 15) is 45.0 Å². The number of phenols is 6. The minimum Gasteiger partial charge on any atom is -0.508 e. The van der Waals surface area contributed by atoms with Crippen LogP contribution in [0, 0.1) is 7.14 Å². The molecule has 0 spiro atoms. The van der Waals surface area contributed by atoms with Gasteiger partial charge in [0.05, 0.1) is 50.8 Å². The highest BCUT2D eigenvalue weighted by Gasteiger charge is 2.28. The molecule has 100 heavy (non-hydrogen) atoms. The van der Waals surface area contributed by atoms with E-state index in [1.807, 2.05) is 138 Å². The zero-order valence-corrected chi connectivity index (χ0v) is 62.9. The molecule has 0 aliphatic heterocycles. The van der Waals surface area contributed by atoms with E-state index in [2.05, 4.69) is 63.0 Å². The zero-order valence-electron chi connectivity index (χ0n) is 55.4. The molecule has 9 aromatic carbocycles. The molecule has 19 heteroatoms. The summed E-state index contributed by atoms with van der Waals surface area (Å²) >= 11 is 10.6. The number of phenolic OH excluding ortho intramolecular Hbond substituents is 6. The van der Waals surface area contributed by atoms with Gasteiger partial charge in [-0.05, 0) is 229 Å². The second kappa shape index (κ2) is 34.1. The number of anilines is 2. The Morgan fingerprint density at radius 1 is 0.410 bits per heavy atom. The topological polar surface area (TPSA) is 273 Å². The average molecular weight is 1700 g/mol. The molecule has 0 fully saturated rings. The molecule has 516 valence electrons. The Morgan fingerprint density at radius 2 is 0.790 bits per heavy atom. The number of aryl methyl sites for hydroxylation is 7. The van der Waals surface area contributed by atoms with Gasteiger partial charge in [0.15, 0.2) is 34.6 Å². The Morgan fingerprint density at radius 3 is 1.21 bits per heavy atom. The molecule has 3 aromatic heterocycles. The molecular weight excluding hydrogens is 1620 g/mol. The van der Waals surface area contributed by atoms with Crippen molar-refractivity contribution in [1.29, 1.82) is 0 Å². The molecule has 0 atom stereocenters. The number of rotatable bonds is 25. The average Bonchev–Trinajstić information content (AvgIpc) is 1.63. The molecule has 0 amide bonds. The second-order valence-electron chi connectivity index (χ2n) is 24.4. The number of halogens is 4. The van der Waals surface area contributed by atoms with Crippen molar-refractivity contribution in [2.75, 3.05) is 18.1 Å². The first-order valence-electron chi connectivity index (χ1n) is 33.1. The van der Waals surface area contributed by atoms with Crippen molar-refractivity contribution in [3.8, 4) is 40.2 Å². The Bertz CT molecular complexity index is 4660. The smallest absolute Gasteiger partial charge is 0.197 e. The van der Waals surface area contributed by atoms with E-state index in [0.29, 0.717) is 145 Å². The monoisotopic (exact) mass is 1700 g/mol. The van der Waals surface area contributed by atoms with Gasteiger partial charge in [-0.2, -0.15) is 0 Å². The van der Waals surface area contributed by atoms with Crippen LogP contribution in [0.3, 0.4) is 0 Å². The van der Waals surface area contributed by atoms with Crippen molar-refractivity contribution in [2.45, 2.75) is 111 Å². The normalized spacial score (nSPS) is 11.2. The summed E-state index contributed by atoms with van der Waals surface area (Å²) < 4.78 is 26.2. The highest BCUT2D eigenvalue weighted by Crippen LogP contribution is 2.42. The van der Waals surface area contributed by atoms with Gasteiger partial charge in [0.1, 0.15) is 57.0 Å². The minimum absolute atomic E-state index is 0.0340. The van der Waals surface area contributed by atoms with E-state index in [1.54, 1.807) is 48.5 Å². The minimum atomic E-state index is -0.313. The highest BCUT2D eigenvalue weighted by molar-refractivity contribution is 14.1. The number of benzene rings is 9. The van der Waals surface area contributed by atoms with Crippen molar-refractivity contribution >= 4 is 139 Å². The van der Waals surface area contributed by atoms with E-state index >= 15 is 0 Å². The van der Waals surface area contributed by atoms with Crippen molar-refractivity contribution in [1.82, 2.24) is 0 Å². The van der Waals surface area contributed by atoms with Gasteiger partial charge in [-0.1, -0.05) is 118 Å². The van der Waals surface area contributed by atoms with Crippen LogP contribution >= 0.6 is 77.0 Å². The van der Waals surface area contributed by atoms with E-state index in [4.69, 9.17) is 29.5 Å². The third-order valence-corrected chi connectivity index (χ3v) is 20.0. The van der Waals surface area contributed by atoms with Crippen LogP contribution in [0.2, 0.25) is 0 Å². The third-order valence-electron chi connectivity index (χ3n) is 17.1. The lowest BCUT2D eigenvalue weighted by atomic mass is 9.96. The van der Waals surface area contributed by atoms with Gasteiger partial charge >= 0.3 is 0 Å². The molecule has 15 nitrogen and oxygen atoms in total. The number of carbonyl (C=O) groups is 3. The van der Waals surface area contributed by atoms with Gasteiger partial charge < -0.3 is 60.1 Å². The lowest BCUT2D eigenvalue weighted by molar-refractivity contribution is 0.103. The number of ether oxygens (including phenoxy) is 1. The summed E-state index contributed by atoms with van der Waals surface area (Å²) in [5.41, 5.74) is 21.1. The van der Waals surface area contributed by atoms with Gasteiger partial charge in [-0.3, -0.25) is 14.4 Å². The molecule has 0 saturated carbocycles. The van der Waals surface area contributed by atoms with Crippen molar-refractivity contribution in [3.05, 3.63) is 258 Å². The Hall–Kier alpha value is -8.77. The SMILES string of the molecule is CCCCc1oc2cc(OCCc3ccccc3)c(O)cc2c1C(=O)c1cc(I)c(O)c(I)c1.CCCc1oc2cc(CCCc3ccccc3)c(O)cc2c1C(=O)c1cc(Br)c(O)c(Br)c1.CCCc1oc2cc(CCCc3ccccc3)c(O)cc2c1C(=O)c1cc(N)c(O)c(N)c1. The van der Waals surface area contributed by atoms with Gasteiger partial charge in [-0.15, -0.1) is 0 Å². The number of hydrogen-bond acceptors (Lipinski definition) is 15. The Balaban J connectivity index is 0.000000162. The largest absolute Gasteiger partial charge is 0.508 e. The predicted molar refractivity (Wildman–Crippen MR) is 417 cm³/mol. The van der Waals surface area contributed by atoms with E-state index in [1.165, 1.54) is 23.3 Å². The van der Waals surface area contributed by atoms with Gasteiger partial charge in [-0.25, -0.2) is 0 Å². The van der Waals surface area contributed by atoms with Gasteiger partial charge in [0, 0.05) is 64.6 Å². The number of aromatic hydroxyl groups is 6. The van der Waals surface area contributed by atoms with Crippen LogP contribution in [0.25, 0.3) is 32.9 Å². The summed E-state index contributed by atoms with van der Waals surface area (Å²) in [6, 6.07) is 49.9. The number of carbonyl (C=O) groups excluding carboxylic acids is 3. The number of fused-ring (bicyclic) bond motifs is 3. The van der Waals surface area contributed by atoms with Crippen molar-refractivity contribution in [2.24, 2.45) is 0 Å². The maximum Gasteiger partial charge on any atom is 0.197 e. The quantitative estimate of drug-likeness (QED) is 0.0114. The first kappa shape index (κ1) is 73.9. The first-order valence-corrected chi connectivity index (χ1v) is 36.9. The standard InChI is InChI=1S/C27H24Br2O4.C27H24I2O5.C27H28N2O4/c1-2-7-23-25(26(31)18-12-20(28)27(32)21(29)13-18)19-15-22(30)17(14-24(19)33-23)11-6-10-16-8-4-3-5-9-16;1-2-3-9-22-25(26(31)17-12-19(28)27(32)20(29)13-17)18-14-21(30)24(15-23(18)34-22)33-11-10-16-7-5-4-6-8-16;1-2-7-23-25(26(31)18-12-20(28)27(32)21(29)13-18)19-15-22(30)17(14-24(19)33-23)11-6-10-16-8-4-3-5-9-16/h3-5,8-9,12-15,30,32H,2,6-7,10-11H2,1H3;4-8,12-15,30,32H,2-3,9-11H2,1H3;3-5,8-9,12-15,30,32H,2,6-7,10-11,28-29H2,1H3. The van der Waals surface area contributed by atoms with Crippen LogP contribution in [0.15, 0.2) is 186 Å². The summed E-state index contributed by atoms with van der Waals surface area (Å²) in [5.74, 6) is 1.60. The van der Waals surface area contributed by atoms with Crippen LogP contribution in [0.5, 0.6) is 40.2 Å². The predicted octanol–water partition coefficient (Wildman–Crippen LogP) is 20.3. The molecule has 0 bridgehead atoms. The number of furan rings is 3. The van der Waals surface area contributed by atoms with E-state index in [0.717, 1.165) is 68.1 Å². The van der Waals surface area contributed by atoms with E-state index in [-0.39, 0.29) is 68.8 Å². The lowest BCUT2D eigenvalue weighted by Crippen LogP contribution is -2.06. The summed E-state index contributed by atoms with van der Waals surface area (Å²) in [4.78, 5) is 40.5. The van der Waals surface area contributed by atoms with Crippen LogP contribution in [0.4, 0.5) is 11.4 Å². The summed E-state index contributed by atoms with van der Waals surface area (Å²) in [6.07, 6.45) is 10.9. The number of hydrogen-bond donors (Lipinski definition) is 8. The number of nitrogen functional groups attached to an aromatic ring is 2. The fourth-order valence-electron chi connectivity index (χ4n) is 12.0. The fourth-order valence-corrected chi connectivity index (χ4v) is 15.0. The molecule has 12 aromatic rings. The number of ketones is 3. The fraction of sp³-hybridized carbons (Fsp3) is 0.222. The van der Waals surface area contributed by atoms with Gasteiger partial charge in [0.25, 0.3) is 0 Å². The van der Waals surface area contributed by atoms with Crippen LogP contribution in [-0.4, -0.2) is 54.6 Å². The van der Waals surface area contributed by atoms with Crippen molar-refractivity contribution < 1.29 is 63.0 Å². The maximum absolute atomic E-state index is 13.6. The molecule has 0 aliphatic rings. The Labute approximate surface area is 623 Å². The van der Waals surface area contributed by atoms with Crippen LogP contribution < -0.4 is 16.2 Å². The van der Waals surface area contributed by atoms with Crippen molar-refractivity contribution in [3.63, 3.8) is 0 Å². The second-order valence-corrected chi connectivity index (χ2v) is 28.4. The zero-order chi connectivity index (χ0) is 71.3. The highest BCUT2D eigenvalue weighted by atomic mass is 127. The molecule has 0 aliphatic carbocycles. The summed E-state index contributed by atoms with van der Waals surface area (Å²) in [5, 5.41) is 63.8.